The normalized spacial score (nSPS) is 20.2. The number of aliphatic hydroxyl groups is 1. The van der Waals surface area contributed by atoms with Crippen LogP contribution in [-0.4, -0.2) is 22.7 Å². The number of alkyl halides is 6. The van der Waals surface area contributed by atoms with Crippen LogP contribution in [-0.2, 0) is 12.4 Å². The molecule has 1 aromatic carbocycles. The van der Waals surface area contributed by atoms with Gasteiger partial charge in [-0.3, -0.25) is 0 Å². The van der Waals surface area contributed by atoms with E-state index >= 15 is 0 Å². The van der Waals surface area contributed by atoms with Gasteiger partial charge in [-0.1, -0.05) is 12.1 Å². The third-order valence-electron chi connectivity index (χ3n) is 4.27. The lowest BCUT2D eigenvalue weighted by Gasteiger charge is -2.22. The molecule has 1 aromatic heterocycles. The van der Waals surface area contributed by atoms with Crippen LogP contribution in [0.3, 0.4) is 0 Å². The van der Waals surface area contributed by atoms with Crippen LogP contribution in [0.4, 0.5) is 26.3 Å². The van der Waals surface area contributed by atoms with E-state index in [1.165, 1.54) is 6.07 Å². The maximum Gasteiger partial charge on any atom is 0.433 e. The summed E-state index contributed by atoms with van der Waals surface area (Å²) >= 11 is 0. The predicted octanol–water partition coefficient (Wildman–Crippen LogP) is 4.06. The lowest BCUT2D eigenvalue weighted by molar-refractivity contribution is -0.142. The number of para-hydroxylation sites is 1. The second-order valence-corrected chi connectivity index (χ2v) is 5.94. The van der Waals surface area contributed by atoms with E-state index in [0.717, 1.165) is 12.5 Å². The molecule has 1 unspecified atom stereocenters. The minimum atomic E-state index is -4.93. The van der Waals surface area contributed by atoms with Gasteiger partial charge in [-0.25, -0.2) is 4.98 Å². The molecular formula is C16H14F6N2O. The van der Waals surface area contributed by atoms with Crippen LogP contribution in [0, 0.1) is 0 Å². The van der Waals surface area contributed by atoms with Crippen LogP contribution in [0.5, 0.6) is 0 Å². The molecule has 0 radical (unpaired) electrons. The number of aliphatic hydroxyl groups excluding tert-OH is 1. The maximum absolute atomic E-state index is 13.2. The van der Waals surface area contributed by atoms with Gasteiger partial charge in [0.2, 0.25) is 0 Å². The summed E-state index contributed by atoms with van der Waals surface area (Å²) in [6, 6.07) is 3.14. The van der Waals surface area contributed by atoms with Crippen LogP contribution in [0.15, 0.2) is 24.3 Å². The van der Waals surface area contributed by atoms with E-state index in [9.17, 15) is 31.4 Å². The van der Waals surface area contributed by atoms with Gasteiger partial charge in [-0.15, -0.1) is 0 Å². The van der Waals surface area contributed by atoms with Gasteiger partial charge in [0, 0.05) is 11.4 Å². The number of hydrogen-bond donors (Lipinski definition) is 2. The highest BCUT2D eigenvalue weighted by molar-refractivity contribution is 5.86. The lowest BCUT2D eigenvalue weighted by atomic mass is 9.95. The molecule has 136 valence electrons. The molecule has 1 aliphatic rings. The number of hydrogen-bond acceptors (Lipinski definition) is 3. The average Bonchev–Trinajstić information content (AvgIpc) is 3.05. The SMILES string of the molecule is O[C@H](c1cc(C(F)(F)F)nc2c(C(F)(F)F)cccc12)C1CCCN1. The summed E-state index contributed by atoms with van der Waals surface area (Å²) in [6.07, 6.45) is -9.90. The third-order valence-corrected chi connectivity index (χ3v) is 4.27. The van der Waals surface area contributed by atoms with Gasteiger partial charge in [0.25, 0.3) is 0 Å². The number of aromatic nitrogens is 1. The summed E-state index contributed by atoms with van der Waals surface area (Å²) in [5, 5.41) is 13.3. The molecule has 25 heavy (non-hydrogen) atoms. The number of halogens is 6. The zero-order valence-electron chi connectivity index (χ0n) is 12.7. The molecule has 2 atom stereocenters. The standard InChI is InChI=1S/C16H14F6N2O/c17-15(18,19)10-4-1-3-8-9(14(25)11-5-2-6-23-11)7-12(16(20,21)22)24-13(8)10/h1,3-4,7,11,14,23,25H,2,5-6H2/t11?,14-/m1/s1. The van der Waals surface area contributed by atoms with Crippen molar-refractivity contribution < 1.29 is 31.4 Å². The van der Waals surface area contributed by atoms with Crippen molar-refractivity contribution in [2.24, 2.45) is 0 Å². The first kappa shape index (κ1) is 17.9. The van der Waals surface area contributed by atoms with Crippen LogP contribution in [0.2, 0.25) is 0 Å². The summed E-state index contributed by atoms with van der Waals surface area (Å²) in [6.45, 7) is 0.588. The average molecular weight is 364 g/mol. The Bertz CT molecular complexity index is 781. The zero-order chi connectivity index (χ0) is 18.4. The fourth-order valence-corrected chi connectivity index (χ4v) is 3.09. The molecule has 2 aromatic rings. The highest BCUT2D eigenvalue weighted by Crippen LogP contribution is 2.39. The summed E-state index contributed by atoms with van der Waals surface area (Å²) in [5.41, 5.74) is -3.73. The van der Waals surface area contributed by atoms with Crippen LogP contribution >= 0.6 is 0 Å². The molecule has 0 amide bonds. The number of fused-ring (bicyclic) bond motifs is 1. The van der Waals surface area contributed by atoms with Crippen LogP contribution in [0.25, 0.3) is 10.9 Å². The molecule has 2 N–H and O–H groups in total. The smallest absolute Gasteiger partial charge is 0.387 e. The van der Waals surface area contributed by atoms with Gasteiger partial charge in [0.1, 0.15) is 5.69 Å². The van der Waals surface area contributed by atoms with Gasteiger partial charge < -0.3 is 10.4 Å². The number of nitrogens with zero attached hydrogens (tertiary/aromatic N) is 1. The van der Waals surface area contributed by atoms with Crippen molar-refractivity contribution in [2.45, 2.75) is 37.3 Å². The van der Waals surface area contributed by atoms with Gasteiger partial charge in [0.15, 0.2) is 0 Å². The van der Waals surface area contributed by atoms with E-state index in [4.69, 9.17) is 0 Å². The number of pyridine rings is 1. The Morgan fingerprint density at radius 2 is 1.84 bits per heavy atom. The first-order chi connectivity index (χ1) is 11.6. The zero-order valence-corrected chi connectivity index (χ0v) is 12.7. The van der Waals surface area contributed by atoms with Gasteiger partial charge >= 0.3 is 12.4 Å². The van der Waals surface area contributed by atoms with E-state index in [1.54, 1.807) is 0 Å². The second kappa shape index (κ2) is 6.14. The number of rotatable bonds is 2. The van der Waals surface area contributed by atoms with E-state index in [0.29, 0.717) is 25.1 Å². The molecule has 0 saturated carbocycles. The monoisotopic (exact) mass is 364 g/mol. The van der Waals surface area contributed by atoms with Crippen molar-refractivity contribution in [3.8, 4) is 0 Å². The third kappa shape index (κ3) is 3.43. The molecule has 0 bridgehead atoms. The van der Waals surface area contributed by atoms with Crippen molar-refractivity contribution in [3.63, 3.8) is 0 Å². The summed E-state index contributed by atoms with van der Waals surface area (Å²) in [5.74, 6) is 0. The Labute approximate surface area is 138 Å². The van der Waals surface area contributed by atoms with Crippen molar-refractivity contribution in [2.75, 3.05) is 6.54 Å². The minimum Gasteiger partial charge on any atom is -0.387 e. The van der Waals surface area contributed by atoms with Crippen LogP contribution < -0.4 is 5.32 Å². The molecule has 2 heterocycles. The lowest BCUT2D eigenvalue weighted by Crippen LogP contribution is -2.29. The van der Waals surface area contributed by atoms with Crippen molar-refractivity contribution in [1.82, 2.24) is 10.3 Å². The van der Waals surface area contributed by atoms with Gasteiger partial charge in [0.05, 0.1) is 17.2 Å². The highest BCUT2D eigenvalue weighted by atomic mass is 19.4. The topological polar surface area (TPSA) is 45.2 Å². The number of benzene rings is 1. The molecule has 0 aliphatic carbocycles. The van der Waals surface area contributed by atoms with Crippen molar-refractivity contribution >= 4 is 10.9 Å². The van der Waals surface area contributed by atoms with Crippen molar-refractivity contribution in [1.29, 1.82) is 0 Å². The Morgan fingerprint density at radius 3 is 2.40 bits per heavy atom. The molecule has 3 rings (SSSR count). The van der Waals surface area contributed by atoms with Crippen LogP contribution in [0.1, 0.15) is 35.8 Å². The van der Waals surface area contributed by atoms with E-state index in [2.05, 4.69) is 10.3 Å². The van der Waals surface area contributed by atoms with Gasteiger partial charge in [-0.2, -0.15) is 26.3 Å². The molecule has 3 nitrogen and oxygen atoms in total. The second-order valence-electron chi connectivity index (χ2n) is 5.94. The largest absolute Gasteiger partial charge is 0.433 e. The number of nitrogens with one attached hydrogen (secondary N) is 1. The highest BCUT2D eigenvalue weighted by Gasteiger charge is 2.38. The first-order valence-electron chi connectivity index (χ1n) is 7.58. The van der Waals surface area contributed by atoms with E-state index in [-0.39, 0.29) is 10.9 Å². The Morgan fingerprint density at radius 1 is 1.12 bits per heavy atom. The molecule has 9 heteroatoms. The van der Waals surface area contributed by atoms with Gasteiger partial charge in [-0.05, 0) is 37.1 Å². The predicted molar refractivity (Wildman–Crippen MR) is 77.7 cm³/mol. The summed E-state index contributed by atoms with van der Waals surface area (Å²) < 4.78 is 78.9. The Hall–Kier alpha value is -1.87. The molecular weight excluding hydrogens is 350 g/mol. The molecule has 1 fully saturated rings. The first-order valence-corrected chi connectivity index (χ1v) is 7.58. The Balaban J connectivity index is 2.27. The molecule has 1 aliphatic heterocycles. The quantitative estimate of drug-likeness (QED) is 0.790. The Kier molecular flexibility index (Phi) is 4.40. The summed E-state index contributed by atoms with van der Waals surface area (Å²) in [7, 11) is 0. The summed E-state index contributed by atoms with van der Waals surface area (Å²) in [4.78, 5) is 3.21. The minimum absolute atomic E-state index is 0.135. The van der Waals surface area contributed by atoms with E-state index < -0.39 is 41.3 Å². The van der Waals surface area contributed by atoms with E-state index in [1.807, 2.05) is 0 Å². The van der Waals surface area contributed by atoms with Crippen molar-refractivity contribution in [3.05, 3.63) is 41.1 Å². The fraction of sp³-hybridized carbons (Fsp3) is 0.438. The maximum atomic E-state index is 13.2. The fourth-order valence-electron chi connectivity index (χ4n) is 3.09. The molecule has 1 saturated heterocycles. The molecule has 0 spiro atoms.